The number of hydrogen-bond acceptors (Lipinski definition) is 7. The molecule has 2 amide bonds. The molecule has 0 saturated heterocycles. The van der Waals surface area contributed by atoms with E-state index >= 15 is 0 Å². The first-order valence-corrected chi connectivity index (χ1v) is 10.7. The zero-order chi connectivity index (χ0) is 25.2. The van der Waals surface area contributed by atoms with Gasteiger partial charge < -0.3 is 14.8 Å². The first-order chi connectivity index (χ1) is 16.9. The molecule has 0 saturated carbocycles. The Morgan fingerprint density at radius 1 is 1.03 bits per heavy atom. The van der Waals surface area contributed by atoms with Crippen molar-refractivity contribution < 1.29 is 24.0 Å². The summed E-state index contributed by atoms with van der Waals surface area (Å²) >= 11 is 0. The highest BCUT2D eigenvalue weighted by Gasteiger charge is 2.12. The summed E-state index contributed by atoms with van der Waals surface area (Å²) in [6.45, 7) is 3.94. The van der Waals surface area contributed by atoms with Crippen LogP contribution in [0.15, 0.2) is 71.8 Å². The smallest absolute Gasteiger partial charge is 0.271 e. The Labute approximate surface area is 201 Å². The molecule has 180 valence electrons. The first-order valence-electron chi connectivity index (χ1n) is 10.7. The Kier molecular flexibility index (Phi) is 8.49. The summed E-state index contributed by atoms with van der Waals surface area (Å²) in [6.07, 6.45) is 1.39. The first kappa shape index (κ1) is 24.9. The molecule has 3 aromatic rings. The van der Waals surface area contributed by atoms with Crippen LogP contribution in [0.5, 0.6) is 11.5 Å². The lowest BCUT2D eigenvalue weighted by molar-refractivity contribution is -0.384. The van der Waals surface area contributed by atoms with Crippen LogP contribution in [0.2, 0.25) is 0 Å². The number of amides is 2. The van der Waals surface area contributed by atoms with Crippen LogP contribution in [0.25, 0.3) is 0 Å². The largest absolute Gasteiger partial charge is 0.490 e. The number of carbonyl (C=O) groups excluding carboxylic acids is 2. The summed E-state index contributed by atoms with van der Waals surface area (Å²) in [5.41, 5.74) is 4.62. The van der Waals surface area contributed by atoms with E-state index in [1.165, 1.54) is 30.5 Å². The van der Waals surface area contributed by atoms with Gasteiger partial charge in [0.15, 0.2) is 18.1 Å². The van der Waals surface area contributed by atoms with Crippen LogP contribution in [-0.2, 0) is 4.79 Å². The van der Waals surface area contributed by atoms with Gasteiger partial charge in [-0.3, -0.25) is 19.7 Å². The number of benzene rings is 3. The Hall–Kier alpha value is -4.73. The molecule has 0 fully saturated rings. The second-order valence-corrected chi connectivity index (χ2v) is 7.35. The molecule has 0 spiro atoms. The van der Waals surface area contributed by atoms with E-state index in [1.807, 2.05) is 38.1 Å². The van der Waals surface area contributed by atoms with Crippen LogP contribution in [-0.4, -0.2) is 36.2 Å². The molecule has 2 N–H and O–H groups in total. The summed E-state index contributed by atoms with van der Waals surface area (Å²) in [4.78, 5) is 34.7. The Morgan fingerprint density at radius 3 is 2.51 bits per heavy atom. The third-order valence-corrected chi connectivity index (χ3v) is 4.66. The second-order valence-electron chi connectivity index (χ2n) is 7.35. The van der Waals surface area contributed by atoms with E-state index < -0.39 is 10.8 Å². The Bertz CT molecular complexity index is 1240. The molecule has 0 aliphatic carbocycles. The molecule has 0 aliphatic heterocycles. The molecule has 0 aliphatic rings. The number of hydrazone groups is 1. The van der Waals surface area contributed by atoms with Crippen LogP contribution < -0.4 is 20.2 Å². The van der Waals surface area contributed by atoms with Crippen molar-refractivity contribution in [1.82, 2.24) is 5.43 Å². The number of nitro groups is 1. The molecule has 0 aromatic heterocycles. The van der Waals surface area contributed by atoms with Crippen molar-refractivity contribution in [3.63, 3.8) is 0 Å². The third-order valence-electron chi connectivity index (χ3n) is 4.66. The van der Waals surface area contributed by atoms with Crippen molar-refractivity contribution in [2.45, 2.75) is 13.8 Å². The third kappa shape index (κ3) is 7.39. The lowest BCUT2D eigenvalue weighted by Crippen LogP contribution is -2.20. The fraction of sp³-hybridized carbons (Fsp3) is 0.160. The SMILES string of the molecule is CCOc1cc(/C=N/NC(=O)c2cccc([N+](=O)[O-])c2)ccc1OCC(=O)Nc1ccc(C)cc1. The maximum Gasteiger partial charge on any atom is 0.271 e. The van der Waals surface area contributed by atoms with E-state index in [1.54, 1.807) is 18.2 Å². The van der Waals surface area contributed by atoms with Gasteiger partial charge in [-0.1, -0.05) is 23.8 Å². The van der Waals surface area contributed by atoms with Gasteiger partial charge >= 0.3 is 0 Å². The van der Waals surface area contributed by atoms with Crippen LogP contribution in [0.3, 0.4) is 0 Å². The van der Waals surface area contributed by atoms with Crippen molar-refractivity contribution in [3.8, 4) is 11.5 Å². The zero-order valence-electron chi connectivity index (χ0n) is 19.2. The van der Waals surface area contributed by atoms with Crippen LogP contribution in [0.1, 0.15) is 28.4 Å². The number of ether oxygens (including phenoxy) is 2. The molecular formula is C25H24N4O6. The van der Waals surface area contributed by atoms with Crippen molar-refractivity contribution in [2.75, 3.05) is 18.5 Å². The normalized spacial score (nSPS) is 10.6. The maximum atomic E-state index is 12.2. The molecule has 0 atom stereocenters. The number of nitro benzene ring substituents is 1. The number of carbonyl (C=O) groups is 2. The zero-order valence-corrected chi connectivity index (χ0v) is 19.2. The number of aryl methyl sites for hydroxylation is 1. The summed E-state index contributed by atoms with van der Waals surface area (Å²) in [7, 11) is 0. The van der Waals surface area contributed by atoms with Gasteiger partial charge in [-0.15, -0.1) is 0 Å². The van der Waals surface area contributed by atoms with E-state index in [9.17, 15) is 19.7 Å². The van der Waals surface area contributed by atoms with Crippen molar-refractivity contribution in [2.24, 2.45) is 5.10 Å². The lowest BCUT2D eigenvalue weighted by atomic mass is 10.2. The number of rotatable bonds is 10. The lowest BCUT2D eigenvalue weighted by Gasteiger charge is -2.12. The number of nitrogens with one attached hydrogen (secondary N) is 2. The second kappa shape index (κ2) is 11.9. The summed E-state index contributed by atoms with van der Waals surface area (Å²) in [5.74, 6) is -0.117. The van der Waals surface area contributed by atoms with Gasteiger partial charge in [0.05, 0.1) is 17.7 Å². The van der Waals surface area contributed by atoms with Gasteiger partial charge in [0, 0.05) is 23.4 Å². The fourth-order valence-corrected chi connectivity index (χ4v) is 2.96. The van der Waals surface area contributed by atoms with Gasteiger partial charge in [-0.25, -0.2) is 5.43 Å². The van der Waals surface area contributed by atoms with E-state index in [2.05, 4.69) is 15.8 Å². The summed E-state index contributed by atoms with van der Waals surface area (Å²) < 4.78 is 11.2. The fourth-order valence-electron chi connectivity index (χ4n) is 2.96. The van der Waals surface area contributed by atoms with E-state index in [0.717, 1.165) is 5.56 Å². The Morgan fingerprint density at radius 2 is 1.80 bits per heavy atom. The highest BCUT2D eigenvalue weighted by Crippen LogP contribution is 2.28. The van der Waals surface area contributed by atoms with Gasteiger partial charge in [0.25, 0.3) is 17.5 Å². The molecule has 0 radical (unpaired) electrons. The van der Waals surface area contributed by atoms with Gasteiger partial charge in [0.2, 0.25) is 0 Å². The minimum Gasteiger partial charge on any atom is -0.490 e. The number of nitrogens with zero attached hydrogens (tertiary/aromatic N) is 2. The average molecular weight is 476 g/mol. The van der Waals surface area contributed by atoms with Crippen molar-refractivity contribution >= 4 is 29.4 Å². The van der Waals surface area contributed by atoms with E-state index in [4.69, 9.17) is 9.47 Å². The van der Waals surface area contributed by atoms with E-state index in [0.29, 0.717) is 29.4 Å². The topological polar surface area (TPSA) is 132 Å². The van der Waals surface area contributed by atoms with Gasteiger partial charge in [-0.05, 0) is 55.8 Å². The predicted octanol–water partition coefficient (Wildman–Crippen LogP) is 4.08. The van der Waals surface area contributed by atoms with E-state index in [-0.39, 0.29) is 23.8 Å². The minimum atomic E-state index is -0.588. The maximum absolute atomic E-state index is 12.2. The van der Waals surface area contributed by atoms with Crippen LogP contribution in [0.4, 0.5) is 11.4 Å². The molecule has 10 heteroatoms. The highest BCUT2D eigenvalue weighted by atomic mass is 16.6. The molecule has 35 heavy (non-hydrogen) atoms. The molecule has 3 rings (SSSR count). The number of anilines is 1. The van der Waals surface area contributed by atoms with Crippen LogP contribution in [0, 0.1) is 17.0 Å². The number of non-ortho nitro benzene ring substituents is 1. The average Bonchev–Trinajstić information content (AvgIpc) is 2.85. The van der Waals surface area contributed by atoms with Crippen molar-refractivity contribution in [1.29, 1.82) is 0 Å². The summed E-state index contributed by atoms with van der Waals surface area (Å²) in [5, 5.41) is 17.5. The standard InChI is InChI=1S/C25H24N4O6/c1-3-34-23-13-18(15-26-28-25(31)19-5-4-6-21(14-19)29(32)33)9-12-22(23)35-16-24(30)27-20-10-7-17(2)8-11-20/h4-15H,3,16H2,1-2H3,(H,27,30)(H,28,31)/b26-15+. The predicted molar refractivity (Wildman–Crippen MR) is 131 cm³/mol. The van der Waals surface area contributed by atoms with Gasteiger partial charge in [-0.2, -0.15) is 5.10 Å². The monoisotopic (exact) mass is 476 g/mol. The molecule has 0 heterocycles. The number of hydrogen-bond donors (Lipinski definition) is 2. The summed E-state index contributed by atoms with van der Waals surface area (Å²) in [6, 6.07) is 17.7. The molecular weight excluding hydrogens is 452 g/mol. The quantitative estimate of drug-likeness (QED) is 0.257. The molecule has 0 unspecified atom stereocenters. The molecule has 3 aromatic carbocycles. The highest BCUT2D eigenvalue weighted by molar-refractivity contribution is 5.95. The molecule has 0 bridgehead atoms. The van der Waals surface area contributed by atoms with Gasteiger partial charge in [0.1, 0.15) is 0 Å². The van der Waals surface area contributed by atoms with Crippen LogP contribution >= 0.6 is 0 Å². The van der Waals surface area contributed by atoms with Crippen molar-refractivity contribution in [3.05, 3.63) is 93.5 Å². The Balaban J connectivity index is 1.60. The minimum absolute atomic E-state index is 0.110. The molecule has 10 nitrogen and oxygen atoms in total.